The fourth-order valence-corrected chi connectivity index (χ4v) is 5.23. The topological polar surface area (TPSA) is 17.1 Å². The van der Waals surface area contributed by atoms with E-state index in [1.807, 2.05) is 0 Å². The van der Waals surface area contributed by atoms with Crippen LogP contribution in [0, 0.1) is 35.5 Å². The standard InChI is InChI=1S/C12H16O/c13-11-5-9-7-1-6-2-8(4-7)12(11)10(9)3-6/h6-10,12H,1-5H2/t6?,7-,8+,9+,10-,12-/m1/s1. The van der Waals surface area contributed by atoms with Crippen molar-refractivity contribution >= 4 is 5.78 Å². The molecule has 0 heterocycles. The lowest BCUT2D eigenvalue weighted by atomic mass is 9.51. The zero-order valence-electron chi connectivity index (χ0n) is 7.91. The molecule has 0 N–H and O–H groups in total. The Balaban J connectivity index is 1.85. The van der Waals surface area contributed by atoms with Crippen molar-refractivity contribution in [2.45, 2.75) is 32.1 Å². The Morgan fingerprint density at radius 3 is 2.69 bits per heavy atom. The Hall–Kier alpha value is -0.330. The van der Waals surface area contributed by atoms with E-state index in [0.29, 0.717) is 11.7 Å². The van der Waals surface area contributed by atoms with Gasteiger partial charge in [-0.05, 0) is 55.3 Å². The van der Waals surface area contributed by atoms with Gasteiger partial charge in [0.2, 0.25) is 0 Å². The van der Waals surface area contributed by atoms with Gasteiger partial charge < -0.3 is 0 Å². The first-order chi connectivity index (χ1) is 6.33. The third kappa shape index (κ3) is 0.693. The normalized spacial score (nSPS) is 62.0. The lowest BCUT2D eigenvalue weighted by molar-refractivity contribution is -0.126. The third-order valence-corrected chi connectivity index (χ3v) is 5.42. The molecule has 1 heteroatoms. The quantitative estimate of drug-likeness (QED) is 0.553. The molecule has 0 aromatic heterocycles. The molecular weight excluding hydrogens is 160 g/mol. The van der Waals surface area contributed by atoms with E-state index in [2.05, 4.69) is 0 Å². The van der Waals surface area contributed by atoms with Crippen LogP contribution in [0.1, 0.15) is 32.1 Å². The Morgan fingerprint density at radius 1 is 0.923 bits per heavy atom. The first-order valence-electron chi connectivity index (χ1n) is 5.85. The number of hydrogen-bond donors (Lipinski definition) is 0. The maximum absolute atomic E-state index is 11.8. The van der Waals surface area contributed by atoms with E-state index in [0.717, 1.165) is 36.0 Å². The highest BCUT2D eigenvalue weighted by atomic mass is 16.1. The molecule has 6 atom stereocenters. The van der Waals surface area contributed by atoms with E-state index < -0.39 is 0 Å². The molecule has 0 aliphatic heterocycles. The summed E-state index contributed by atoms with van der Waals surface area (Å²) in [5.74, 6) is 5.68. The van der Waals surface area contributed by atoms with Gasteiger partial charge in [0, 0.05) is 12.3 Å². The average Bonchev–Trinajstić information content (AvgIpc) is 2.37. The molecule has 0 saturated heterocycles. The Labute approximate surface area is 78.9 Å². The molecule has 0 aromatic carbocycles. The summed E-state index contributed by atoms with van der Waals surface area (Å²) < 4.78 is 0. The number of carbonyl (C=O) groups excluding carboxylic acids is 1. The number of hydrogen-bond acceptors (Lipinski definition) is 1. The SMILES string of the molecule is O=C1C[C@H]2[C@@H]3CC4C[C@@H](C3)[C@@H]1[C@@H]2C4. The number of Topliss-reactive ketones (excluding diaryl/α,β-unsaturated/α-hetero) is 1. The van der Waals surface area contributed by atoms with Crippen LogP contribution in [0.5, 0.6) is 0 Å². The molecule has 5 saturated carbocycles. The fraction of sp³-hybridized carbons (Fsp3) is 0.917. The third-order valence-electron chi connectivity index (χ3n) is 5.42. The van der Waals surface area contributed by atoms with Gasteiger partial charge in [0.25, 0.3) is 0 Å². The van der Waals surface area contributed by atoms with Gasteiger partial charge in [0.05, 0.1) is 0 Å². The molecule has 0 radical (unpaired) electrons. The van der Waals surface area contributed by atoms with Crippen molar-refractivity contribution in [2.75, 3.05) is 0 Å². The van der Waals surface area contributed by atoms with Crippen LogP contribution >= 0.6 is 0 Å². The van der Waals surface area contributed by atoms with Gasteiger partial charge in [-0.15, -0.1) is 0 Å². The van der Waals surface area contributed by atoms with Gasteiger partial charge in [-0.25, -0.2) is 0 Å². The van der Waals surface area contributed by atoms with Crippen molar-refractivity contribution in [3.05, 3.63) is 0 Å². The van der Waals surface area contributed by atoms with Gasteiger partial charge in [-0.2, -0.15) is 0 Å². The number of ketones is 1. The minimum atomic E-state index is 0.540. The maximum Gasteiger partial charge on any atom is 0.136 e. The smallest absolute Gasteiger partial charge is 0.136 e. The van der Waals surface area contributed by atoms with Crippen molar-refractivity contribution in [3.8, 4) is 0 Å². The summed E-state index contributed by atoms with van der Waals surface area (Å²) in [6.07, 6.45) is 6.65. The van der Waals surface area contributed by atoms with Crippen molar-refractivity contribution in [1.29, 1.82) is 0 Å². The zero-order chi connectivity index (χ0) is 8.58. The van der Waals surface area contributed by atoms with Crippen LogP contribution in [0.4, 0.5) is 0 Å². The average molecular weight is 176 g/mol. The molecule has 5 aliphatic carbocycles. The molecular formula is C12H16O. The van der Waals surface area contributed by atoms with E-state index in [9.17, 15) is 4.79 Å². The molecule has 1 nitrogen and oxygen atoms in total. The highest BCUT2D eigenvalue weighted by Crippen LogP contribution is 2.63. The summed E-state index contributed by atoms with van der Waals surface area (Å²) in [4.78, 5) is 11.8. The summed E-state index contributed by atoms with van der Waals surface area (Å²) >= 11 is 0. The molecule has 5 aliphatic rings. The zero-order valence-corrected chi connectivity index (χ0v) is 7.91. The lowest BCUT2D eigenvalue weighted by Gasteiger charge is -2.53. The minimum absolute atomic E-state index is 0.540. The molecule has 1 unspecified atom stereocenters. The largest absolute Gasteiger partial charge is 0.299 e. The van der Waals surface area contributed by atoms with E-state index in [1.165, 1.54) is 25.7 Å². The van der Waals surface area contributed by atoms with E-state index in [-0.39, 0.29) is 0 Å². The Kier molecular flexibility index (Phi) is 1.09. The van der Waals surface area contributed by atoms with Gasteiger partial charge >= 0.3 is 0 Å². The van der Waals surface area contributed by atoms with E-state index in [4.69, 9.17) is 0 Å². The Morgan fingerprint density at radius 2 is 1.77 bits per heavy atom. The van der Waals surface area contributed by atoms with Gasteiger partial charge in [0.15, 0.2) is 0 Å². The van der Waals surface area contributed by atoms with Crippen molar-refractivity contribution < 1.29 is 4.79 Å². The second-order valence-corrected chi connectivity index (χ2v) is 5.85. The molecule has 70 valence electrons. The first-order valence-corrected chi connectivity index (χ1v) is 5.85. The van der Waals surface area contributed by atoms with Crippen LogP contribution in [-0.2, 0) is 4.79 Å². The molecule has 0 amide bonds. The second-order valence-electron chi connectivity index (χ2n) is 5.85. The lowest BCUT2D eigenvalue weighted by Crippen LogP contribution is -2.47. The Bertz CT molecular complexity index is 283. The predicted molar refractivity (Wildman–Crippen MR) is 49.0 cm³/mol. The highest BCUT2D eigenvalue weighted by molar-refractivity contribution is 5.85. The predicted octanol–water partition coefficient (Wildman–Crippen LogP) is 2.26. The van der Waals surface area contributed by atoms with Crippen LogP contribution in [0.25, 0.3) is 0 Å². The summed E-state index contributed by atoms with van der Waals surface area (Å²) in [5, 5.41) is 0. The second kappa shape index (κ2) is 2.02. The minimum Gasteiger partial charge on any atom is -0.299 e. The summed E-state index contributed by atoms with van der Waals surface area (Å²) in [6, 6.07) is 0. The van der Waals surface area contributed by atoms with Crippen LogP contribution in [0.3, 0.4) is 0 Å². The van der Waals surface area contributed by atoms with Crippen LogP contribution in [0.2, 0.25) is 0 Å². The highest BCUT2D eigenvalue weighted by Gasteiger charge is 2.59. The van der Waals surface area contributed by atoms with Crippen LogP contribution < -0.4 is 0 Å². The van der Waals surface area contributed by atoms with E-state index >= 15 is 0 Å². The number of carbonyl (C=O) groups is 1. The molecule has 0 aromatic rings. The number of rotatable bonds is 0. The van der Waals surface area contributed by atoms with Crippen molar-refractivity contribution in [3.63, 3.8) is 0 Å². The van der Waals surface area contributed by atoms with Gasteiger partial charge in [-0.1, -0.05) is 0 Å². The summed E-state index contributed by atoms with van der Waals surface area (Å²) in [5.41, 5.74) is 0. The molecule has 6 bridgehead atoms. The molecule has 0 spiro atoms. The summed E-state index contributed by atoms with van der Waals surface area (Å²) in [7, 11) is 0. The van der Waals surface area contributed by atoms with Crippen molar-refractivity contribution in [2.24, 2.45) is 35.5 Å². The van der Waals surface area contributed by atoms with Crippen LogP contribution in [-0.4, -0.2) is 5.78 Å². The van der Waals surface area contributed by atoms with Crippen LogP contribution in [0.15, 0.2) is 0 Å². The maximum atomic E-state index is 11.8. The fourth-order valence-electron chi connectivity index (χ4n) is 5.23. The monoisotopic (exact) mass is 176 g/mol. The first kappa shape index (κ1) is 7.03. The van der Waals surface area contributed by atoms with Crippen molar-refractivity contribution in [1.82, 2.24) is 0 Å². The van der Waals surface area contributed by atoms with E-state index in [1.54, 1.807) is 0 Å². The summed E-state index contributed by atoms with van der Waals surface area (Å²) in [6.45, 7) is 0. The van der Waals surface area contributed by atoms with Gasteiger partial charge in [0.1, 0.15) is 5.78 Å². The molecule has 5 fully saturated rings. The van der Waals surface area contributed by atoms with Gasteiger partial charge in [-0.3, -0.25) is 4.79 Å². The molecule has 13 heavy (non-hydrogen) atoms. The molecule has 5 rings (SSSR count).